The Morgan fingerprint density at radius 1 is 0.950 bits per heavy atom. The summed E-state index contributed by atoms with van der Waals surface area (Å²) in [6.45, 7) is 1.94. The van der Waals surface area contributed by atoms with Crippen LogP contribution in [0.5, 0.6) is 5.75 Å². The summed E-state index contributed by atoms with van der Waals surface area (Å²) in [6.07, 6.45) is 0. The van der Waals surface area contributed by atoms with Gasteiger partial charge in [0.05, 0.1) is 5.75 Å². The van der Waals surface area contributed by atoms with E-state index in [4.69, 9.17) is 7.81 Å². The largest absolute Gasteiger partial charge is 0.379 e. The standard InChI is InChI=1S/C14H14O4S2/c1-12-7-9-14(10-8-12)17-20(16)18-19(15)11-13-5-3-2-4-6-13/h2-10H,11H2,1H3. The van der Waals surface area contributed by atoms with Gasteiger partial charge >= 0.3 is 11.4 Å². The minimum absolute atomic E-state index is 0.170. The third-order valence-corrected chi connectivity index (χ3v) is 4.39. The van der Waals surface area contributed by atoms with Gasteiger partial charge in [-0.3, -0.25) is 0 Å². The Bertz CT molecular complexity index is 596. The third-order valence-electron chi connectivity index (χ3n) is 2.44. The first-order valence-corrected chi connectivity index (χ1v) is 8.16. The number of hydrogen-bond donors (Lipinski definition) is 0. The molecule has 20 heavy (non-hydrogen) atoms. The van der Waals surface area contributed by atoms with Crippen LogP contribution < -0.4 is 4.18 Å². The van der Waals surface area contributed by atoms with Gasteiger partial charge in [0.1, 0.15) is 5.75 Å². The van der Waals surface area contributed by atoms with E-state index in [0.717, 1.165) is 11.1 Å². The van der Waals surface area contributed by atoms with Crippen LogP contribution in [0.4, 0.5) is 0 Å². The molecule has 0 amide bonds. The van der Waals surface area contributed by atoms with Gasteiger partial charge in [0.25, 0.3) is 0 Å². The Hall–Kier alpha value is -1.50. The quantitative estimate of drug-likeness (QED) is 0.823. The van der Waals surface area contributed by atoms with Crippen LogP contribution in [-0.2, 0) is 31.8 Å². The van der Waals surface area contributed by atoms with Gasteiger partial charge in [0.2, 0.25) is 0 Å². The van der Waals surface area contributed by atoms with E-state index in [9.17, 15) is 8.42 Å². The predicted molar refractivity (Wildman–Crippen MR) is 79.3 cm³/mol. The van der Waals surface area contributed by atoms with Gasteiger partial charge in [-0.2, -0.15) is 7.84 Å². The molecule has 0 aliphatic heterocycles. The summed E-state index contributed by atoms with van der Waals surface area (Å²) in [7, 11) is 0. The molecule has 0 fully saturated rings. The zero-order valence-electron chi connectivity index (χ0n) is 10.9. The minimum atomic E-state index is -2.08. The highest BCUT2D eigenvalue weighted by Gasteiger charge is 2.10. The van der Waals surface area contributed by atoms with Crippen LogP contribution in [0.1, 0.15) is 11.1 Å². The van der Waals surface area contributed by atoms with E-state index in [1.807, 2.05) is 49.4 Å². The average molecular weight is 310 g/mol. The lowest BCUT2D eigenvalue weighted by atomic mass is 10.2. The molecule has 0 heterocycles. The normalized spacial score (nSPS) is 13.7. The highest BCUT2D eigenvalue weighted by atomic mass is 32.3. The Balaban J connectivity index is 1.85. The van der Waals surface area contributed by atoms with E-state index in [-0.39, 0.29) is 5.75 Å². The molecule has 2 aromatic carbocycles. The number of benzene rings is 2. The molecule has 6 heteroatoms. The SMILES string of the molecule is Cc1ccc(OS(=O)OS(=O)Cc2ccccc2)cc1. The van der Waals surface area contributed by atoms with Gasteiger partial charge in [-0.05, 0) is 24.6 Å². The fourth-order valence-corrected chi connectivity index (χ4v) is 3.01. The van der Waals surface area contributed by atoms with Crippen LogP contribution in [0.3, 0.4) is 0 Å². The number of aryl methyl sites for hydroxylation is 1. The maximum absolute atomic E-state index is 11.7. The molecule has 0 aliphatic carbocycles. The molecule has 2 unspecified atom stereocenters. The molecule has 0 radical (unpaired) electrons. The van der Waals surface area contributed by atoms with Crippen LogP contribution in [-0.4, -0.2) is 8.42 Å². The Labute approximate surface area is 123 Å². The molecule has 0 N–H and O–H groups in total. The van der Waals surface area contributed by atoms with E-state index in [2.05, 4.69) is 0 Å². The van der Waals surface area contributed by atoms with Gasteiger partial charge in [-0.15, -0.1) is 0 Å². The van der Waals surface area contributed by atoms with Gasteiger partial charge in [-0.1, -0.05) is 48.0 Å². The second kappa shape index (κ2) is 7.33. The lowest BCUT2D eigenvalue weighted by Gasteiger charge is -2.04. The van der Waals surface area contributed by atoms with Crippen molar-refractivity contribution in [2.75, 3.05) is 0 Å². The highest BCUT2D eigenvalue weighted by molar-refractivity contribution is 7.91. The van der Waals surface area contributed by atoms with Crippen molar-refractivity contribution in [3.8, 4) is 5.75 Å². The fraction of sp³-hybridized carbons (Fsp3) is 0.143. The predicted octanol–water partition coefficient (Wildman–Crippen LogP) is 2.83. The van der Waals surface area contributed by atoms with E-state index >= 15 is 0 Å². The Morgan fingerprint density at radius 3 is 2.25 bits per heavy atom. The van der Waals surface area contributed by atoms with E-state index in [1.54, 1.807) is 12.1 Å². The molecule has 2 rings (SSSR count). The first-order valence-electron chi connectivity index (χ1n) is 5.91. The minimum Gasteiger partial charge on any atom is -0.379 e. The molecule has 0 saturated carbocycles. The van der Waals surface area contributed by atoms with E-state index in [0.29, 0.717) is 5.75 Å². The average Bonchev–Trinajstić information content (AvgIpc) is 2.42. The summed E-state index contributed by atoms with van der Waals surface area (Å²) < 4.78 is 33.1. The van der Waals surface area contributed by atoms with Crippen molar-refractivity contribution >= 4 is 22.4 Å². The fourth-order valence-electron chi connectivity index (χ4n) is 1.48. The molecule has 2 atom stereocenters. The van der Waals surface area contributed by atoms with Crippen molar-refractivity contribution in [2.45, 2.75) is 12.7 Å². The lowest BCUT2D eigenvalue weighted by molar-refractivity contribution is 0.473. The van der Waals surface area contributed by atoms with Gasteiger partial charge < -0.3 is 4.18 Å². The van der Waals surface area contributed by atoms with E-state index < -0.39 is 22.4 Å². The first-order chi connectivity index (χ1) is 9.63. The maximum atomic E-state index is 11.7. The summed E-state index contributed by atoms with van der Waals surface area (Å²) in [5.74, 6) is 0.578. The molecule has 0 aromatic heterocycles. The molecule has 0 saturated heterocycles. The van der Waals surface area contributed by atoms with Crippen LogP contribution in [0.25, 0.3) is 0 Å². The molecular weight excluding hydrogens is 296 g/mol. The summed E-state index contributed by atoms with van der Waals surface area (Å²) in [5, 5.41) is 0. The molecule has 0 aliphatic rings. The zero-order chi connectivity index (χ0) is 14.4. The monoisotopic (exact) mass is 310 g/mol. The van der Waals surface area contributed by atoms with Crippen molar-refractivity contribution < 1.29 is 16.2 Å². The molecule has 0 bridgehead atoms. The Kier molecular flexibility index (Phi) is 5.46. The molecule has 106 valence electrons. The summed E-state index contributed by atoms with van der Waals surface area (Å²) in [4.78, 5) is 0. The van der Waals surface area contributed by atoms with Crippen LogP contribution in [0.15, 0.2) is 54.6 Å². The molecule has 4 nitrogen and oxygen atoms in total. The van der Waals surface area contributed by atoms with Crippen LogP contribution in [0, 0.1) is 6.92 Å². The maximum Gasteiger partial charge on any atom is 0.374 e. The van der Waals surface area contributed by atoms with Gasteiger partial charge in [-0.25, -0.2) is 4.21 Å². The van der Waals surface area contributed by atoms with E-state index in [1.165, 1.54) is 0 Å². The molecular formula is C14H14O4S2. The topological polar surface area (TPSA) is 52.6 Å². The second-order valence-corrected chi connectivity index (χ2v) is 6.12. The molecule has 2 aromatic rings. The van der Waals surface area contributed by atoms with Crippen LogP contribution in [0.2, 0.25) is 0 Å². The summed E-state index contributed by atoms with van der Waals surface area (Å²) >= 11 is -3.79. The van der Waals surface area contributed by atoms with Crippen molar-refractivity contribution in [2.24, 2.45) is 0 Å². The Morgan fingerprint density at radius 2 is 1.60 bits per heavy atom. The van der Waals surface area contributed by atoms with Crippen molar-refractivity contribution in [1.29, 1.82) is 0 Å². The number of rotatable bonds is 6. The van der Waals surface area contributed by atoms with Crippen LogP contribution >= 0.6 is 0 Å². The van der Waals surface area contributed by atoms with Crippen molar-refractivity contribution in [1.82, 2.24) is 0 Å². The molecule has 0 spiro atoms. The van der Waals surface area contributed by atoms with Gasteiger partial charge in [0.15, 0.2) is 11.1 Å². The third kappa shape index (κ3) is 4.88. The summed E-state index contributed by atoms with van der Waals surface area (Å²) in [6, 6.07) is 16.2. The highest BCUT2D eigenvalue weighted by Crippen LogP contribution is 2.14. The lowest BCUT2D eigenvalue weighted by Crippen LogP contribution is -2.09. The zero-order valence-corrected chi connectivity index (χ0v) is 12.5. The van der Waals surface area contributed by atoms with Crippen molar-refractivity contribution in [3.63, 3.8) is 0 Å². The van der Waals surface area contributed by atoms with Crippen molar-refractivity contribution in [3.05, 3.63) is 65.7 Å². The first kappa shape index (κ1) is 14.9. The van der Waals surface area contributed by atoms with Gasteiger partial charge in [0, 0.05) is 0 Å². The number of hydrogen-bond acceptors (Lipinski definition) is 4. The smallest absolute Gasteiger partial charge is 0.374 e. The summed E-state index contributed by atoms with van der Waals surface area (Å²) in [5.41, 5.74) is 1.91. The second-order valence-electron chi connectivity index (χ2n) is 4.10.